The SMILES string of the molecule is CCOc1cccc(N2CC(C)(C)NCC2C(C)C)c1. The predicted molar refractivity (Wildman–Crippen MR) is 85.7 cm³/mol. The van der Waals surface area contributed by atoms with Crippen molar-refractivity contribution >= 4 is 5.69 Å². The first-order valence-corrected chi connectivity index (χ1v) is 7.67. The van der Waals surface area contributed by atoms with Crippen molar-refractivity contribution in [1.29, 1.82) is 0 Å². The molecule has 112 valence electrons. The summed E-state index contributed by atoms with van der Waals surface area (Å²) in [6.07, 6.45) is 0. The van der Waals surface area contributed by atoms with Crippen molar-refractivity contribution in [3.8, 4) is 5.75 Å². The highest BCUT2D eigenvalue weighted by Crippen LogP contribution is 2.29. The van der Waals surface area contributed by atoms with Gasteiger partial charge in [0.15, 0.2) is 0 Å². The highest BCUT2D eigenvalue weighted by Gasteiger charge is 2.34. The van der Waals surface area contributed by atoms with Gasteiger partial charge in [0, 0.05) is 36.4 Å². The minimum absolute atomic E-state index is 0.146. The number of ether oxygens (including phenoxy) is 1. The summed E-state index contributed by atoms with van der Waals surface area (Å²) in [6.45, 7) is 13.9. The molecule has 1 aliphatic rings. The van der Waals surface area contributed by atoms with Gasteiger partial charge in [0.2, 0.25) is 0 Å². The van der Waals surface area contributed by atoms with Crippen molar-refractivity contribution < 1.29 is 4.74 Å². The largest absolute Gasteiger partial charge is 0.494 e. The first-order chi connectivity index (χ1) is 9.43. The molecule has 1 saturated heterocycles. The second-order valence-corrected chi connectivity index (χ2v) is 6.63. The Morgan fingerprint density at radius 1 is 1.40 bits per heavy atom. The van der Waals surface area contributed by atoms with Crippen LogP contribution in [0.15, 0.2) is 24.3 Å². The first-order valence-electron chi connectivity index (χ1n) is 7.67. The van der Waals surface area contributed by atoms with Crippen LogP contribution in [0.5, 0.6) is 5.75 Å². The third-order valence-corrected chi connectivity index (χ3v) is 3.99. The fraction of sp³-hybridized carbons (Fsp3) is 0.647. The van der Waals surface area contributed by atoms with E-state index in [1.54, 1.807) is 0 Å². The molecule has 1 unspecified atom stereocenters. The van der Waals surface area contributed by atoms with Gasteiger partial charge in [0.25, 0.3) is 0 Å². The zero-order valence-corrected chi connectivity index (χ0v) is 13.4. The third kappa shape index (κ3) is 3.45. The van der Waals surface area contributed by atoms with Gasteiger partial charge >= 0.3 is 0 Å². The van der Waals surface area contributed by atoms with Crippen LogP contribution in [0, 0.1) is 5.92 Å². The monoisotopic (exact) mass is 276 g/mol. The molecule has 1 fully saturated rings. The van der Waals surface area contributed by atoms with E-state index in [2.05, 4.69) is 56.1 Å². The third-order valence-electron chi connectivity index (χ3n) is 3.99. The molecule has 1 aromatic rings. The van der Waals surface area contributed by atoms with Crippen LogP contribution in [-0.4, -0.2) is 31.3 Å². The normalized spacial score (nSPS) is 22.1. The van der Waals surface area contributed by atoms with Gasteiger partial charge in [-0.3, -0.25) is 0 Å². The van der Waals surface area contributed by atoms with Crippen LogP contribution < -0.4 is 15.0 Å². The molecule has 0 aromatic heterocycles. The molecular weight excluding hydrogens is 248 g/mol. The maximum Gasteiger partial charge on any atom is 0.121 e. The van der Waals surface area contributed by atoms with Crippen molar-refractivity contribution in [3.05, 3.63) is 24.3 Å². The lowest BCUT2D eigenvalue weighted by atomic mass is 9.92. The number of rotatable bonds is 4. The standard InChI is InChI=1S/C17H28N2O/c1-6-20-15-9-7-8-14(10-15)19-12-17(4,5)18-11-16(19)13(2)3/h7-10,13,16,18H,6,11-12H2,1-5H3. The zero-order valence-electron chi connectivity index (χ0n) is 13.4. The average molecular weight is 276 g/mol. The van der Waals surface area contributed by atoms with Crippen LogP contribution >= 0.6 is 0 Å². The Labute approximate surface area is 123 Å². The molecule has 3 nitrogen and oxygen atoms in total. The van der Waals surface area contributed by atoms with Gasteiger partial charge in [-0.2, -0.15) is 0 Å². The second-order valence-electron chi connectivity index (χ2n) is 6.63. The Morgan fingerprint density at radius 3 is 2.80 bits per heavy atom. The molecule has 20 heavy (non-hydrogen) atoms. The maximum atomic E-state index is 5.64. The Balaban J connectivity index is 2.27. The van der Waals surface area contributed by atoms with E-state index in [-0.39, 0.29) is 5.54 Å². The molecule has 1 aliphatic heterocycles. The summed E-state index contributed by atoms with van der Waals surface area (Å²) in [6, 6.07) is 9.01. The lowest BCUT2D eigenvalue weighted by molar-refractivity contribution is 0.276. The minimum atomic E-state index is 0.146. The van der Waals surface area contributed by atoms with Crippen LogP contribution in [0.4, 0.5) is 5.69 Å². The number of hydrogen-bond acceptors (Lipinski definition) is 3. The van der Waals surface area contributed by atoms with Crippen molar-refractivity contribution in [3.63, 3.8) is 0 Å². The number of benzene rings is 1. The van der Waals surface area contributed by atoms with Gasteiger partial charge < -0.3 is 15.0 Å². The van der Waals surface area contributed by atoms with E-state index in [0.717, 1.165) is 18.8 Å². The Kier molecular flexibility index (Phi) is 4.59. The highest BCUT2D eigenvalue weighted by molar-refractivity contribution is 5.52. The highest BCUT2D eigenvalue weighted by atomic mass is 16.5. The fourth-order valence-corrected chi connectivity index (χ4v) is 2.89. The molecule has 1 aromatic carbocycles. The number of piperazine rings is 1. The maximum absolute atomic E-state index is 5.64. The zero-order chi connectivity index (χ0) is 14.8. The van der Waals surface area contributed by atoms with Crippen LogP contribution in [-0.2, 0) is 0 Å². The number of hydrogen-bond donors (Lipinski definition) is 1. The quantitative estimate of drug-likeness (QED) is 0.913. The summed E-state index contributed by atoms with van der Waals surface area (Å²) < 4.78 is 5.64. The van der Waals surface area contributed by atoms with Crippen LogP contribution in [0.2, 0.25) is 0 Å². The molecule has 1 heterocycles. The number of nitrogens with zero attached hydrogens (tertiary/aromatic N) is 1. The van der Waals surface area contributed by atoms with E-state index in [4.69, 9.17) is 4.74 Å². The van der Waals surface area contributed by atoms with E-state index in [0.29, 0.717) is 18.6 Å². The molecular formula is C17H28N2O. The lowest BCUT2D eigenvalue weighted by Crippen LogP contribution is -2.63. The second kappa shape index (κ2) is 6.04. The summed E-state index contributed by atoms with van der Waals surface area (Å²) >= 11 is 0. The van der Waals surface area contributed by atoms with Gasteiger partial charge in [-0.15, -0.1) is 0 Å². The van der Waals surface area contributed by atoms with Crippen molar-refractivity contribution in [1.82, 2.24) is 5.32 Å². The van der Waals surface area contributed by atoms with E-state index >= 15 is 0 Å². The fourth-order valence-electron chi connectivity index (χ4n) is 2.89. The molecule has 3 heteroatoms. The van der Waals surface area contributed by atoms with Crippen LogP contribution in [0.1, 0.15) is 34.6 Å². The predicted octanol–water partition coefficient (Wildman–Crippen LogP) is 3.30. The minimum Gasteiger partial charge on any atom is -0.494 e. The van der Waals surface area contributed by atoms with Gasteiger partial charge in [-0.05, 0) is 38.8 Å². The Hall–Kier alpha value is -1.22. The van der Waals surface area contributed by atoms with E-state index < -0.39 is 0 Å². The summed E-state index contributed by atoms with van der Waals surface area (Å²) in [7, 11) is 0. The Morgan fingerprint density at radius 2 is 2.15 bits per heavy atom. The summed E-state index contributed by atoms with van der Waals surface area (Å²) in [5.74, 6) is 1.58. The molecule has 1 N–H and O–H groups in total. The molecule has 1 atom stereocenters. The number of nitrogens with one attached hydrogen (secondary N) is 1. The van der Waals surface area contributed by atoms with Crippen molar-refractivity contribution in [2.75, 3.05) is 24.6 Å². The van der Waals surface area contributed by atoms with Crippen molar-refractivity contribution in [2.24, 2.45) is 5.92 Å². The van der Waals surface area contributed by atoms with Crippen LogP contribution in [0.3, 0.4) is 0 Å². The summed E-state index contributed by atoms with van der Waals surface area (Å²) in [4.78, 5) is 2.53. The lowest BCUT2D eigenvalue weighted by Gasteiger charge is -2.47. The number of anilines is 1. The molecule has 0 aliphatic carbocycles. The van der Waals surface area contributed by atoms with Crippen molar-refractivity contribution in [2.45, 2.75) is 46.2 Å². The Bertz CT molecular complexity index is 442. The average Bonchev–Trinajstić information content (AvgIpc) is 2.38. The van der Waals surface area contributed by atoms with Gasteiger partial charge in [0.05, 0.1) is 6.61 Å². The summed E-state index contributed by atoms with van der Waals surface area (Å²) in [5, 5.41) is 3.66. The molecule has 0 bridgehead atoms. The van der Waals surface area contributed by atoms with E-state index in [9.17, 15) is 0 Å². The molecule has 0 amide bonds. The summed E-state index contributed by atoms with van der Waals surface area (Å²) in [5.41, 5.74) is 1.41. The first kappa shape index (κ1) is 15.2. The van der Waals surface area contributed by atoms with Gasteiger partial charge in [0.1, 0.15) is 5.75 Å². The smallest absolute Gasteiger partial charge is 0.121 e. The van der Waals surface area contributed by atoms with E-state index in [1.807, 2.05) is 13.0 Å². The van der Waals surface area contributed by atoms with Gasteiger partial charge in [-0.1, -0.05) is 19.9 Å². The van der Waals surface area contributed by atoms with Gasteiger partial charge in [-0.25, -0.2) is 0 Å². The molecule has 0 saturated carbocycles. The molecule has 0 spiro atoms. The topological polar surface area (TPSA) is 24.5 Å². The molecule has 0 radical (unpaired) electrons. The van der Waals surface area contributed by atoms with E-state index in [1.165, 1.54) is 5.69 Å². The molecule has 2 rings (SSSR count). The van der Waals surface area contributed by atoms with Crippen LogP contribution in [0.25, 0.3) is 0 Å².